The monoisotopic (exact) mass is 520 g/mol. The Labute approximate surface area is 207 Å². The molecule has 0 radical (unpaired) electrons. The molecule has 0 bridgehead atoms. The van der Waals surface area contributed by atoms with Crippen molar-refractivity contribution in [3.8, 4) is 5.75 Å². The normalized spacial score (nSPS) is 17.4. The van der Waals surface area contributed by atoms with Crippen molar-refractivity contribution in [1.29, 1.82) is 0 Å². The molecule has 0 aliphatic carbocycles. The van der Waals surface area contributed by atoms with Crippen molar-refractivity contribution in [2.45, 2.75) is 32.4 Å². The summed E-state index contributed by atoms with van der Waals surface area (Å²) in [6.45, 7) is 4.42. The minimum absolute atomic E-state index is 0.0634. The summed E-state index contributed by atoms with van der Waals surface area (Å²) in [7, 11) is 1.55. The number of hydrogen-bond acceptors (Lipinski definition) is 5. The van der Waals surface area contributed by atoms with Crippen LogP contribution in [0.15, 0.2) is 77.0 Å². The largest absolute Gasteiger partial charge is 0.507 e. The second-order valence-corrected chi connectivity index (χ2v) is 9.31. The highest BCUT2D eigenvalue weighted by Crippen LogP contribution is 2.41. The van der Waals surface area contributed by atoms with E-state index in [1.807, 2.05) is 24.3 Å². The number of carbonyl (C=O) groups excluding carboxylic acids is 2. The second kappa shape index (κ2) is 9.81. The molecular formula is C27H25BrN2O4. The number of aliphatic hydroxyl groups is 1. The van der Waals surface area contributed by atoms with E-state index in [1.54, 1.807) is 49.8 Å². The molecule has 6 nitrogen and oxygen atoms in total. The zero-order chi connectivity index (χ0) is 24.4. The van der Waals surface area contributed by atoms with Gasteiger partial charge in [0.05, 0.1) is 23.2 Å². The van der Waals surface area contributed by atoms with Gasteiger partial charge >= 0.3 is 0 Å². The van der Waals surface area contributed by atoms with Crippen LogP contribution in [0.25, 0.3) is 5.76 Å². The van der Waals surface area contributed by atoms with E-state index in [0.717, 1.165) is 16.7 Å². The molecule has 34 heavy (non-hydrogen) atoms. The number of carbonyl (C=O) groups is 2. The van der Waals surface area contributed by atoms with Crippen LogP contribution >= 0.6 is 15.9 Å². The second-order valence-electron chi connectivity index (χ2n) is 8.45. The summed E-state index contributed by atoms with van der Waals surface area (Å²) in [5, 5.41) is 11.3. The molecule has 1 aliphatic heterocycles. The van der Waals surface area contributed by atoms with Gasteiger partial charge in [0.15, 0.2) is 0 Å². The molecular weight excluding hydrogens is 496 g/mol. The Kier molecular flexibility index (Phi) is 6.84. The van der Waals surface area contributed by atoms with E-state index in [9.17, 15) is 14.7 Å². The number of aromatic nitrogens is 1. The first-order valence-corrected chi connectivity index (χ1v) is 11.7. The van der Waals surface area contributed by atoms with Crippen LogP contribution in [0.5, 0.6) is 5.75 Å². The van der Waals surface area contributed by atoms with Crippen molar-refractivity contribution in [1.82, 2.24) is 9.88 Å². The lowest BCUT2D eigenvalue weighted by atomic mass is 9.93. The molecule has 1 aromatic heterocycles. The number of likely N-dealkylation sites (tertiary alicyclic amines) is 1. The number of methoxy groups -OCH3 is 1. The number of Topliss-reactive ketones (excluding diaryl/α,β-unsaturated/α-hetero) is 1. The maximum atomic E-state index is 13.2. The summed E-state index contributed by atoms with van der Waals surface area (Å²) < 4.78 is 5.90. The van der Waals surface area contributed by atoms with Crippen molar-refractivity contribution in [3.05, 3.63) is 99.3 Å². The average Bonchev–Trinajstić information content (AvgIpc) is 3.09. The number of ether oxygens (including phenoxy) is 1. The van der Waals surface area contributed by atoms with E-state index in [2.05, 4.69) is 34.8 Å². The third kappa shape index (κ3) is 4.48. The SMILES string of the molecule is COc1ccc(/C(O)=C2/C(=O)C(=O)N(Cc3ccncc3)C2c2ccc(C(C)C)cc2)cc1Br. The number of amides is 1. The molecule has 174 valence electrons. The van der Waals surface area contributed by atoms with Crippen LogP contribution in [0, 0.1) is 0 Å². The lowest BCUT2D eigenvalue weighted by molar-refractivity contribution is -0.140. The van der Waals surface area contributed by atoms with Crippen LogP contribution in [-0.2, 0) is 16.1 Å². The molecule has 1 fully saturated rings. The molecule has 3 aromatic rings. The van der Waals surface area contributed by atoms with Gasteiger partial charge in [-0.05, 0) is 68.9 Å². The fourth-order valence-electron chi connectivity index (χ4n) is 4.11. The lowest BCUT2D eigenvalue weighted by Crippen LogP contribution is -2.29. The molecule has 7 heteroatoms. The van der Waals surface area contributed by atoms with Crippen LogP contribution in [0.2, 0.25) is 0 Å². The van der Waals surface area contributed by atoms with E-state index in [0.29, 0.717) is 21.7 Å². The molecule has 1 unspecified atom stereocenters. The van der Waals surface area contributed by atoms with Crippen LogP contribution in [0.3, 0.4) is 0 Å². The van der Waals surface area contributed by atoms with Crippen molar-refractivity contribution in [2.75, 3.05) is 7.11 Å². The van der Waals surface area contributed by atoms with Gasteiger partial charge in [-0.1, -0.05) is 38.1 Å². The van der Waals surface area contributed by atoms with E-state index in [1.165, 1.54) is 4.90 Å². The minimum atomic E-state index is -0.727. The van der Waals surface area contributed by atoms with Gasteiger partial charge in [-0.2, -0.15) is 0 Å². The maximum absolute atomic E-state index is 13.2. The molecule has 1 N–H and O–H groups in total. The van der Waals surface area contributed by atoms with Gasteiger partial charge in [-0.25, -0.2) is 0 Å². The standard InChI is InChI=1S/C27H25BrN2O4/c1-16(2)18-4-6-19(7-5-18)24-23(25(31)20-8-9-22(34-3)21(28)14-20)26(32)27(33)30(24)15-17-10-12-29-13-11-17/h4-14,16,24,31H,15H2,1-3H3/b25-23-. The first-order valence-electron chi connectivity index (χ1n) is 10.9. The highest BCUT2D eigenvalue weighted by atomic mass is 79.9. The fraction of sp³-hybridized carbons (Fsp3) is 0.222. The van der Waals surface area contributed by atoms with Gasteiger partial charge in [-0.15, -0.1) is 0 Å². The third-order valence-corrected chi connectivity index (χ3v) is 6.61. The summed E-state index contributed by atoms with van der Waals surface area (Å²) in [5.41, 5.74) is 3.22. The number of aliphatic hydroxyl groups excluding tert-OH is 1. The summed E-state index contributed by atoms with van der Waals surface area (Å²) in [6, 6.07) is 15.7. The number of ketones is 1. The minimum Gasteiger partial charge on any atom is -0.507 e. The molecule has 2 aromatic carbocycles. The van der Waals surface area contributed by atoms with E-state index < -0.39 is 17.7 Å². The van der Waals surface area contributed by atoms with Crippen LogP contribution in [-0.4, -0.2) is 33.8 Å². The van der Waals surface area contributed by atoms with Crippen LogP contribution in [0.4, 0.5) is 0 Å². The smallest absolute Gasteiger partial charge is 0.295 e. The predicted octanol–water partition coefficient (Wildman–Crippen LogP) is 5.60. The first-order chi connectivity index (χ1) is 16.3. The Morgan fingerprint density at radius 1 is 1.09 bits per heavy atom. The van der Waals surface area contributed by atoms with Gasteiger partial charge in [0, 0.05) is 24.5 Å². The van der Waals surface area contributed by atoms with Crippen molar-refractivity contribution in [2.24, 2.45) is 0 Å². The molecule has 1 aliphatic rings. The molecule has 0 saturated carbocycles. The number of rotatable bonds is 6. The highest BCUT2D eigenvalue weighted by Gasteiger charge is 2.46. The Morgan fingerprint density at radius 2 is 1.76 bits per heavy atom. The zero-order valence-corrected chi connectivity index (χ0v) is 20.7. The number of nitrogens with zero attached hydrogens (tertiary/aromatic N) is 2. The van der Waals surface area contributed by atoms with E-state index >= 15 is 0 Å². The molecule has 1 amide bonds. The van der Waals surface area contributed by atoms with Crippen LogP contribution < -0.4 is 4.74 Å². The van der Waals surface area contributed by atoms with Gasteiger partial charge in [0.2, 0.25) is 0 Å². The van der Waals surface area contributed by atoms with Crippen molar-refractivity contribution in [3.63, 3.8) is 0 Å². The van der Waals surface area contributed by atoms with Gasteiger partial charge in [0.25, 0.3) is 11.7 Å². The van der Waals surface area contributed by atoms with Crippen molar-refractivity contribution >= 4 is 33.4 Å². The Morgan fingerprint density at radius 3 is 2.35 bits per heavy atom. The lowest BCUT2D eigenvalue weighted by Gasteiger charge is -2.26. The van der Waals surface area contributed by atoms with Gasteiger partial charge < -0.3 is 14.7 Å². The quantitative estimate of drug-likeness (QED) is 0.260. The number of hydrogen-bond donors (Lipinski definition) is 1. The Bertz CT molecular complexity index is 1250. The summed E-state index contributed by atoms with van der Waals surface area (Å²) in [6.07, 6.45) is 3.29. The van der Waals surface area contributed by atoms with E-state index in [-0.39, 0.29) is 17.9 Å². The molecule has 4 rings (SSSR count). The zero-order valence-electron chi connectivity index (χ0n) is 19.2. The van der Waals surface area contributed by atoms with E-state index in [4.69, 9.17) is 4.74 Å². The Balaban J connectivity index is 1.85. The molecule has 2 heterocycles. The summed E-state index contributed by atoms with van der Waals surface area (Å²) >= 11 is 3.42. The van der Waals surface area contributed by atoms with Crippen LogP contribution in [0.1, 0.15) is 48.1 Å². The van der Waals surface area contributed by atoms with Crippen molar-refractivity contribution < 1.29 is 19.4 Å². The molecule has 0 spiro atoms. The number of benzene rings is 2. The maximum Gasteiger partial charge on any atom is 0.295 e. The average molecular weight is 521 g/mol. The molecule has 1 saturated heterocycles. The summed E-state index contributed by atoms with van der Waals surface area (Å²) in [4.78, 5) is 31.9. The number of pyridine rings is 1. The highest BCUT2D eigenvalue weighted by molar-refractivity contribution is 9.10. The third-order valence-electron chi connectivity index (χ3n) is 5.99. The predicted molar refractivity (Wildman–Crippen MR) is 133 cm³/mol. The van der Waals surface area contributed by atoms with Gasteiger partial charge in [-0.3, -0.25) is 14.6 Å². The molecule has 1 atom stereocenters. The Hall–Kier alpha value is -3.45. The van der Waals surface area contributed by atoms with Gasteiger partial charge in [0.1, 0.15) is 11.5 Å². The topological polar surface area (TPSA) is 79.7 Å². The summed E-state index contributed by atoms with van der Waals surface area (Å²) in [5.74, 6) is -0.651. The first kappa shape index (κ1) is 23.7. The number of halogens is 1. The fourth-order valence-corrected chi connectivity index (χ4v) is 4.65.